The van der Waals surface area contributed by atoms with Gasteiger partial charge in [-0.1, -0.05) is 6.07 Å². The minimum absolute atomic E-state index is 0.0402. The van der Waals surface area contributed by atoms with Crippen LogP contribution in [-0.2, 0) is 16.1 Å². The second-order valence-electron chi connectivity index (χ2n) is 7.01. The summed E-state index contributed by atoms with van der Waals surface area (Å²) in [5.41, 5.74) is 1.17. The largest absolute Gasteiger partial charge is 0.490 e. The van der Waals surface area contributed by atoms with Crippen molar-refractivity contribution in [3.8, 4) is 5.88 Å². The summed E-state index contributed by atoms with van der Waals surface area (Å²) in [7, 11) is 0. The second-order valence-corrected chi connectivity index (χ2v) is 7.01. The van der Waals surface area contributed by atoms with Gasteiger partial charge in [0.2, 0.25) is 5.88 Å². The molecule has 7 nitrogen and oxygen atoms in total. The number of halogens is 3. The third-order valence-electron chi connectivity index (χ3n) is 4.63. The van der Waals surface area contributed by atoms with Crippen LogP contribution in [0.25, 0.3) is 0 Å². The Balaban J connectivity index is 0.000000298. The van der Waals surface area contributed by atoms with Gasteiger partial charge in [-0.2, -0.15) is 13.2 Å². The number of hydrogen-bond acceptors (Lipinski definition) is 6. The van der Waals surface area contributed by atoms with Crippen LogP contribution in [0.15, 0.2) is 47.4 Å². The summed E-state index contributed by atoms with van der Waals surface area (Å²) in [4.78, 5) is 15.5. The molecule has 0 bridgehead atoms. The number of carboxylic acid groups (broad SMARTS) is 1. The van der Waals surface area contributed by atoms with Crippen LogP contribution in [0.1, 0.15) is 18.4 Å². The molecule has 2 aliphatic rings. The number of aliphatic carboxylic acids is 1. The van der Waals surface area contributed by atoms with E-state index in [0.717, 1.165) is 39.1 Å². The molecule has 2 aromatic rings. The minimum Gasteiger partial charge on any atom is -0.475 e. The van der Waals surface area contributed by atoms with Crippen LogP contribution >= 0.6 is 0 Å². The zero-order valence-electron chi connectivity index (χ0n) is 15.5. The summed E-state index contributed by atoms with van der Waals surface area (Å²) in [6, 6.07) is 7.78. The van der Waals surface area contributed by atoms with Gasteiger partial charge in [0.1, 0.15) is 6.10 Å². The molecule has 0 aliphatic carbocycles. The first kappa shape index (κ1) is 21.1. The molecule has 1 N–H and O–H groups in total. The average molecular weight is 414 g/mol. The van der Waals surface area contributed by atoms with Gasteiger partial charge in [-0.25, -0.2) is 9.78 Å². The van der Waals surface area contributed by atoms with Gasteiger partial charge in [-0.3, -0.25) is 4.90 Å². The van der Waals surface area contributed by atoms with Crippen LogP contribution in [0.3, 0.4) is 0 Å². The number of aromatic nitrogens is 1. The highest BCUT2D eigenvalue weighted by molar-refractivity contribution is 5.73. The van der Waals surface area contributed by atoms with E-state index in [-0.39, 0.29) is 11.7 Å². The number of ether oxygens (including phenoxy) is 2. The van der Waals surface area contributed by atoms with Gasteiger partial charge in [0.15, 0.2) is 0 Å². The van der Waals surface area contributed by atoms with Crippen LogP contribution in [0.2, 0.25) is 0 Å². The van der Waals surface area contributed by atoms with E-state index in [1.807, 2.05) is 24.3 Å². The maximum absolute atomic E-state index is 10.6. The molecule has 2 aliphatic heterocycles. The number of alkyl halides is 3. The number of likely N-dealkylation sites (tertiary alicyclic amines) is 1. The average Bonchev–Trinajstić information content (AvgIpc) is 3.14. The van der Waals surface area contributed by atoms with E-state index in [1.165, 1.54) is 5.56 Å². The van der Waals surface area contributed by atoms with Crippen molar-refractivity contribution in [2.75, 3.05) is 19.7 Å². The lowest BCUT2D eigenvalue weighted by molar-refractivity contribution is -0.192. The fraction of sp³-hybridized carbons (Fsp3) is 0.474. The molecule has 29 heavy (non-hydrogen) atoms. The Bertz CT molecular complexity index is 777. The molecule has 4 heterocycles. The molecule has 0 radical (unpaired) electrons. The molecule has 0 saturated carbocycles. The SMILES string of the molecule is O=C(O)C(F)(F)F.c1ccc(OC2CCOC3(C2)CN(Cc2ccoc2)C3)nc1. The van der Waals surface area contributed by atoms with Crippen molar-refractivity contribution in [2.45, 2.75) is 37.3 Å². The molecule has 2 saturated heterocycles. The smallest absolute Gasteiger partial charge is 0.475 e. The molecular formula is C19H21F3N2O5. The van der Waals surface area contributed by atoms with E-state index >= 15 is 0 Å². The van der Waals surface area contributed by atoms with Gasteiger partial charge in [0.25, 0.3) is 0 Å². The normalized spacial score (nSPS) is 21.0. The Morgan fingerprint density at radius 2 is 2.10 bits per heavy atom. The van der Waals surface area contributed by atoms with Crippen molar-refractivity contribution >= 4 is 5.97 Å². The third kappa shape index (κ3) is 5.94. The molecular weight excluding hydrogens is 393 g/mol. The van der Waals surface area contributed by atoms with E-state index in [1.54, 1.807) is 18.7 Å². The topological polar surface area (TPSA) is 85.0 Å². The lowest BCUT2D eigenvalue weighted by Gasteiger charge is -2.53. The number of carbonyl (C=O) groups is 1. The quantitative estimate of drug-likeness (QED) is 0.823. The molecule has 0 amide bonds. The van der Waals surface area contributed by atoms with Crippen molar-refractivity contribution < 1.29 is 37.0 Å². The Hall–Kier alpha value is -2.59. The van der Waals surface area contributed by atoms with Gasteiger partial charge < -0.3 is 19.0 Å². The predicted octanol–water partition coefficient (Wildman–Crippen LogP) is 3.12. The van der Waals surface area contributed by atoms with E-state index in [9.17, 15) is 13.2 Å². The van der Waals surface area contributed by atoms with Crippen molar-refractivity contribution in [1.29, 1.82) is 0 Å². The molecule has 1 unspecified atom stereocenters. The first-order valence-electron chi connectivity index (χ1n) is 9.01. The van der Waals surface area contributed by atoms with Gasteiger partial charge >= 0.3 is 12.1 Å². The molecule has 2 fully saturated rings. The van der Waals surface area contributed by atoms with Gasteiger partial charge in [0, 0.05) is 50.3 Å². The number of rotatable bonds is 4. The summed E-state index contributed by atoms with van der Waals surface area (Å²) < 4.78 is 48.9. The van der Waals surface area contributed by atoms with Crippen molar-refractivity contribution in [1.82, 2.24) is 9.88 Å². The zero-order valence-corrected chi connectivity index (χ0v) is 15.5. The van der Waals surface area contributed by atoms with Crippen LogP contribution < -0.4 is 4.74 Å². The minimum atomic E-state index is -5.08. The summed E-state index contributed by atoms with van der Waals surface area (Å²) in [6.45, 7) is 3.60. The van der Waals surface area contributed by atoms with E-state index in [2.05, 4.69) is 9.88 Å². The maximum Gasteiger partial charge on any atom is 0.490 e. The molecule has 2 aromatic heterocycles. The van der Waals surface area contributed by atoms with Crippen LogP contribution in [0.4, 0.5) is 13.2 Å². The van der Waals surface area contributed by atoms with Crippen molar-refractivity contribution in [2.24, 2.45) is 0 Å². The molecule has 158 valence electrons. The summed E-state index contributed by atoms with van der Waals surface area (Å²) in [5, 5.41) is 7.12. The van der Waals surface area contributed by atoms with E-state index in [4.69, 9.17) is 23.8 Å². The third-order valence-corrected chi connectivity index (χ3v) is 4.63. The summed E-state index contributed by atoms with van der Waals surface area (Å²) in [5.74, 6) is -2.05. The van der Waals surface area contributed by atoms with Crippen LogP contribution in [0.5, 0.6) is 5.88 Å². The van der Waals surface area contributed by atoms with Crippen molar-refractivity contribution in [3.05, 3.63) is 48.6 Å². The standard InChI is InChI=1S/C17H20N2O3.C2HF3O2/c1-2-6-18-16(3-1)22-15-5-8-21-17(9-15)12-19(13-17)10-14-4-7-20-11-14;3-2(4,5)1(6)7/h1-4,6-7,11,15H,5,8-10,12-13H2;(H,6,7). The van der Waals surface area contributed by atoms with Gasteiger partial charge in [-0.15, -0.1) is 0 Å². The number of carboxylic acids is 1. The van der Waals surface area contributed by atoms with Gasteiger partial charge in [0.05, 0.1) is 24.7 Å². The highest BCUT2D eigenvalue weighted by atomic mass is 19.4. The molecule has 0 aromatic carbocycles. The number of pyridine rings is 1. The Morgan fingerprint density at radius 3 is 2.69 bits per heavy atom. The Kier molecular flexibility index (Phi) is 6.43. The highest BCUT2D eigenvalue weighted by Crippen LogP contribution is 2.36. The van der Waals surface area contributed by atoms with Crippen LogP contribution in [0, 0.1) is 0 Å². The number of hydrogen-bond donors (Lipinski definition) is 1. The monoisotopic (exact) mass is 414 g/mol. The Morgan fingerprint density at radius 1 is 1.34 bits per heavy atom. The highest BCUT2D eigenvalue weighted by Gasteiger charge is 2.48. The molecule has 1 spiro atoms. The second kappa shape index (κ2) is 8.83. The maximum atomic E-state index is 10.6. The molecule has 4 rings (SSSR count). The predicted molar refractivity (Wildman–Crippen MR) is 94.2 cm³/mol. The first-order valence-corrected chi connectivity index (χ1v) is 9.01. The van der Waals surface area contributed by atoms with Crippen LogP contribution in [-0.4, -0.2) is 58.5 Å². The van der Waals surface area contributed by atoms with Crippen molar-refractivity contribution in [3.63, 3.8) is 0 Å². The van der Waals surface area contributed by atoms with Gasteiger partial charge in [-0.05, 0) is 12.1 Å². The lowest BCUT2D eigenvalue weighted by atomic mass is 9.84. The Labute approximate surface area is 165 Å². The zero-order chi connectivity index (χ0) is 20.9. The number of nitrogens with zero attached hydrogens (tertiary/aromatic N) is 2. The fourth-order valence-electron chi connectivity index (χ4n) is 3.41. The summed E-state index contributed by atoms with van der Waals surface area (Å²) in [6.07, 6.45) is 2.27. The summed E-state index contributed by atoms with van der Waals surface area (Å²) >= 11 is 0. The fourth-order valence-corrected chi connectivity index (χ4v) is 3.41. The number of furan rings is 1. The van der Waals surface area contributed by atoms with E-state index in [0.29, 0.717) is 5.88 Å². The molecule has 10 heteroatoms. The van der Waals surface area contributed by atoms with E-state index < -0.39 is 12.1 Å². The molecule has 1 atom stereocenters. The first-order chi connectivity index (χ1) is 13.8. The lowest BCUT2D eigenvalue weighted by Crippen LogP contribution is -2.65.